The van der Waals surface area contributed by atoms with Crippen molar-refractivity contribution in [3.05, 3.63) is 29.7 Å². The number of allylic oxidation sites excluding steroid dienone is 2. The van der Waals surface area contributed by atoms with E-state index in [-0.39, 0.29) is 29.7 Å². The Bertz CT molecular complexity index is 532. The Morgan fingerprint density at radius 2 is 1.84 bits per heavy atom. The van der Waals surface area contributed by atoms with Gasteiger partial charge in [-0.2, -0.15) is 0 Å². The number of rotatable bonds is 6. The number of nitrogens with zero attached hydrogens (tertiary/aromatic N) is 1. The van der Waals surface area contributed by atoms with Crippen LogP contribution in [0.15, 0.2) is 24.0 Å². The van der Waals surface area contributed by atoms with Crippen LogP contribution in [0.2, 0.25) is 0 Å². The minimum atomic E-state index is -0.944. The quantitative estimate of drug-likeness (QED) is 0.251. The summed E-state index contributed by atoms with van der Waals surface area (Å²) in [7, 11) is 0. The van der Waals surface area contributed by atoms with E-state index in [0.717, 1.165) is 18.5 Å². The van der Waals surface area contributed by atoms with Gasteiger partial charge >= 0.3 is 6.09 Å². The first-order chi connectivity index (χ1) is 11.2. The van der Waals surface area contributed by atoms with E-state index < -0.39 is 11.5 Å². The van der Waals surface area contributed by atoms with Gasteiger partial charge in [0, 0.05) is 17.4 Å². The molecule has 10 nitrogen and oxygen atoms in total. The topological polar surface area (TPSA) is 173 Å². The number of H-pyrrole nitrogens is 1. The minimum absolute atomic E-state index is 0. The van der Waals surface area contributed by atoms with Crippen molar-refractivity contribution in [2.24, 2.45) is 0 Å². The number of aryl methyl sites for hydroxylation is 1. The number of aldehydes is 2. The lowest BCUT2D eigenvalue weighted by Gasteiger charge is -2.19. The van der Waals surface area contributed by atoms with Crippen LogP contribution in [0.1, 0.15) is 32.9 Å². The third-order valence-corrected chi connectivity index (χ3v) is 2.34. The Morgan fingerprint density at radius 1 is 1.28 bits per heavy atom. The number of aromatic amines is 1. The number of aromatic nitrogens is 2. The predicted octanol–water partition coefficient (Wildman–Crippen LogP) is 0.754. The predicted molar refractivity (Wildman–Crippen MR) is 89.2 cm³/mol. The van der Waals surface area contributed by atoms with E-state index in [2.05, 4.69) is 15.3 Å². The molecule has 0 atom stereocenters. The van der Waals surface area contributed by atoms with Crippen LogP contribution >= 0.6 is 0 Å². The lowest BCUT2D eigenvalue weighted by Crippen LogP contribution is -2.41. The van der Waals surface area contributed by atoms with Crippen molar-refractivity contribution in [3.63, 3.8) is 0 Å². The van der Waals surface area contributed by atoms with Gasteiger partial charge in [-0.3, -0.25) is 9.59 Å². The van der Waals surface area contributed by atoms with Crippen molar-refractivity contribution >= 4 is 18.7 Å². The van der Waals surface area contributed by atoms with Gasteiger partial charge in [0.1, 0.15) is 0 Å². The molecule has 0 unspecified atom stereocenters. The van der Waals surface area contributed by atoms with Gasteiger partial charge in [0.05, 0.1) is 12.9 Å². The van der Waals surface area contributed by atoms with Gasteiger partial charge in [-0.15, -0.1) is 0 Å². The molecule has 142 valence electrons. The number of hydrogen-bond donors (Lipinski definition) is 4. The molecule has 0 bridgehead atoms. The van der Waals surface area contributed by atoms with E-state index in [1.807, 2.05) is 20.8 Å². The molecule has 25 heavy (non-hydrogen) atoms. The summed E-state index contributed by atoms with van der Waals surface area (Å²) in [6, 6.07) is 0. The number of alkyl carbamates (subject to hydrolysis) is 1. The van der Waals surface area contributed by atoms with Gasteiger partial charge in [0.2, 0.25) is 11.5 Å². The Balaban J connectivity index is 0. The van der Waals surface area contributed by atoms with Crippen molar-refractivity contribution < 1.29 is 34.8 Å². The summed E-state index contributed by atoms with van der Waals surface area (Å²) in [5, 5.41) is 19.0. The Labute approximate surface area is 145 Å². The summed E-state index contributed by atoms with van der Waals surface area (Å²) in [5.74, 6) is -1.89. The van der Waals surface area contributed by atoms with Crippen LogP contribution in [-0.2, 0) is 20.7 Å². The molecule has 1 rings (SSSR count). The van der Waals surface area contributed by atoms with Crippen molar-refractivity contribution in [1.82, 2.24) is 15.3 Å². The van der Waals surface area contributed by atoms with Gasteiger partial charge in [-0.1, -0.05) is 0 Å². The highest BCUT2D eigenvalue weighted by atomic mass is 16.5. The number of carbonyl (C=O) groups excluding carboxylic acids is 3. The first-order valence-electron chi connectivity index (χ1n) is 7.14. The largest absolute Gasteiger partial charge is 0.502 e. The molecular weight excluding hydrogens is 334 g/mol. The zero-order valence-electron chi connectivity index (χ0n) is 14.4. The molecule has 1 aromatic rings. The van der Waals surface area contributed by atoms with Gasteiger partial charge in [0.25, 0.3) is 0 Å². The summed E-state index contributed by atoms with van der Waals surface area (Å²) in [5.41, 5.74) is 0.806. The van der Waals surface area contributed by atoms with Crippen LogP contribution in [0.4, 0.5) is 4.79 Å². The first-order valence-corrected chi connectivity index (χ1v) is 7.14. The van der Waals surface area contributed by atoms with Crippen LogP contribution in [0, 0.1) is 0 Å². The number of nitrogens with one attached hydrogen (secondary N) is 2. The van der Waals surface area contributed by atoms with Crippen molar-refractivity contribution in [2.75, 3.05) is 6.61 Å². The lowest BCUT2D eigenvalue weighted by atomic mass is 10.1. The number of aliphatic hydroxyl groups excluding tert-OH is 2. The van der Waals surface area contributed by atoms with E-state index >= 15 is 0 Å². The van der Waals surface area contributed by atoms with Gasteiger partial charge < -0.3 is 30.7 Å². The normalized spacial score (nSPS) is 11.0. The maximum Gasteiger partial charge on any atom is 0.407 e. The van der Waals surface area contributed by atoms with Crippen molar-refractivity contribution in [2.45, 2.75) is 39.2 Å². The molecule has 0 aromatic carbocycles. The highest BCUT2D eigenvalue weighted by Gasteiger charge is 2.14. The Hall–Kier alpha value is -2.88. The summed E-state index contributed by atoms with van der Waals surface area (Å²) in [4.78, 5) is 37.1. The lowest BCUT2D eigenvalue weighted by molar-refractivity contribution is -0.110. The molecule has 0 aliphatic carbocycles. The molecule has 0 fully saturated rings. The Morgan fingerprint density at radius 3 is 2.24 bits per heavy atom. The SMILES string of the molecule is CC(C)(C)NC(=O)OCCCc1cnc[nH]1.O.O=CC(O)=C(O)C=O. The van der Waals surface area contributed by atoms with Crippen molar-refractivity contribution in [3.8, 4) is 0 Å². The van der Waals surface area contributed by atoms with Gasteiger partial charge in [0.15, 0.2) is 12.6 Å². The van der Waals surface area contributed by atoms with E-state index in [1.165, 1.54) is 0 Å². The highest BCUT2D eigenvalue weighted by molar-refractivity contribution is 5.81. The molecule has 0 radical (unpaired) electrons. The minimum Gasteiger partial charge on any atom is -0.502 e. The van der Waals surface area contributed by atoms with E-state index in [0.29, 0.717) is 6.61 Å². The van der Waals surface area contributed by atoms with Gasteiger partial charge in [-0.05, 0) is 33.6 Å². The standard InChI is InChI=1S/C11H19N3O2.C4H4O4.H2O/c1-11(2,3)14-10(15)16-6-4-5-9-7-12-8-13-9;5-1-3(7)4(8)2-6;/h7-8H,4-6H2,1-3H3,(H,12,13)(H,14,15);1-2,7-8H;1H2. The van der Waals surface area contributed by atoms with E-state index in [4.69, 9.17) is 14.9 Å². The zero-order chi connectivity index (χ0) is 18.6. The van der Waals surface area contributed by atoms with E-state index in [1.54, 1.807) is 12.5 Å². The fourth-order valence-electron chi connectivity index (χ4n) is 1.31. The average molecular weight is 359 g/mol. The number of carbonyl (C=O) groups is 3. The molecule has 6 N–H and O–H groups in total. The number of aliphatic hydroxyl groups is 2. The Kier molecular flexibility index (Phi) is 12.2. The summed E-state index contributed by atoms with van der Waals surface area (Å²) in [6.45, 7) is 6.16. The number of imidazole rings is 1. The molecule has 1 aromatic heterocycles. The summed E-state index contributed by atoms with van der Waals surface area (Å²) >= 11 is 0. The number of ether oxygens (including phenoxy) is 1. The summed E-state index contributed by atoms with van der Waals surface area (Å²) in [6.07, 6.45) is 4.63. The van der Waals surface area contributed by atoms with Crippen LogP contribution in [-0.4, -0.2) is 56.5 Å². The fraction of sp³-hybridized carbons (Fsp3) is 0.467. The van der Waals surface area contributed by atoms with Crippen LogP contribution in [0.25, 0.3) is 0 Å². The van der Waals surface area contributed by atoms with Gasteiger partial charge in [-0.25, -0.2) is 9.78 Å². The first kappa shape index (κ1) is 24.4. The monoisotopic (exact) mass is 359 g/mol. The smallest absolute Gasteiger partial charge is 0.407 e. The molecule has 0 spiro atoms. The molecule has 10 heteroatoms. The second kappa shape index (κ2) is 12.5. The van der Waals surface area contributed by atoms with Crippen LogP contribution in [0.3, 0.4) is 0 Å². The van der Waals surface area contributed by atoms with Crippen LogP contribution in [0.5, 0.6) is 0 Å². The molecular formula is C15H25N3O7. The number of amides is 1. The maximum absolute atomic E-state index is 11.3. The molecule has 1 amide bonds. The van der Waals surface area contributed by atoms with E-state index in [9.17, 15) is 14.4 Å². The number of hydrogen-bond acceptors (Lipinski definition) is 7. The molecule has 0 saturated carbocycles. The molecule has 0 aliphatic rings. The maximum atomic E-state index is 11.3. The third-order valence-electron chi connectivity index (χ3n) is 2.34. The zero-order valence-corrected chi connectivity index (χ0v) is 14.4. The fourth-order valence-corrected chi connectivity index (χ4v) is 1.31. The molecule has 0 saturated heterocycles. The second-order valence-electron chi connectivity index (χ2n) is 5.70. The second-order valence-corrected chi connectivity index (χ2v) is 5.70. The molecule has 0 aliphatic heterocycles. The third kappa shape index (κ3) is 13.3. The highest BCUT2D eigenvalue weighted by Crippen LogP contribution is 2.00. The average Bonchev–Trinajstić information content (AvgIpc) is 3.02. The summed E-state index contributed by atoms with van der Waals surface area (Å²) < 4.78 is 5.03. The molecule has 1 heterocycles. The van der Waals surface area contributed by atoms with Crippen LogP contribution < -0.4 is 5.32 Å². The van der Waals surface area contributed by atoms with Crippen molar-refractivity contribution in [1.29, 1.82) is 0 Å².